The summed E-state index contributed by atoms with van der Waals surface area (Å²) in [6, 6.07) is 1.67. The molecule has 0 aliphatic carbocycles. The SMILES string of the molecule is NCC(CO)c1cnc(Cl)c(Cl)c1. The van der Waals surface area contributed by atoms with Crippen LogP contribution in [0, 0.1) is 0 Å². The molecule has 72 valence electrons. The molecule has 13 heavy (non-hydrogen) atoms. The third kappa shape index (κ3) is 2.54. The highest BCUT2D eigenvalue weighted by atomic mass is 35.5. The summed E-state index contributed by atoms with van der Waals surface area (Å²) in [5.41, 5.74) is 6.24. The maximum Gasteiger partial charge on any atom is 0.147 e. The van der Waals surface area contributed by atoms with Gasteiger partial charge in [0.2, 0.25) is 0 Å². The number of hydrogen-bond acceptors (Lipinski definition) is 3. The molecule has 1 heterocycles. The van der Waals surface area contributed by atoms with Gasteiger partial charge in [-0.2, -0.15) is 0 Å². The Labute approximate surface area is 86.5 Å². The standard InChI is InChI=1S/C8H10Cl2N2O/c9-7-1-5(3-12-8(7)10)6(2-11)4-13/h1,3,6,13H,2,4,11H2. The van der Waals surface area contributed by atoms with Crippen LogP contribution in [0.4, 0.5) is 0 Å². The molecule has 0 aromatic carbocycles. The molecular weight excluding hydrogens is 211 g/mol. The van der Waals surface area contributed by atoms with Crippen LogP contribution in [0.25, 0.3) is 0 Å². The molecule has 0 aliphatic heterocycles. The van der Waals surface area contributed by atoms with Gasteiger partial charge in [0.05, 0.1) is 11.6 Å². The first-order chi connectivity index (χ1) is 6.19. The van der Waals surface area contributed by atoms with E-state index in [9.17, 15) is 0 Å². The van der Waals surface area contributed by atoms with E-state index in [1.54, 1.807) is 12.3 Å². The Morgan fingerprint density at radius 2 is 2.23 bits per heavy atom. The number of nitrogens with zero attached hydrogens (tertiary/aromatic N) is 1. The van der Waals surface area contributed by atoms with Crippen LogP contribution in [-0.4, -0.2) is 23.2 Å². The van der Waals surface area contributed by atoms with Gasteiger partial charge in [0.25, 0.3) is 0 Å². The number of hydrogen-bond donors (Lipinski definition) is 2. The second kappa shape index (κ2) is 4.77. The number of aromatic nitrogens is 1. The summed E-state index contributed by atoms with van der Waals surface area (Å²) in [6.07, 6.45) is 1.57. The van der Waals surface area contributed by atoms with Crippen molar-refractivity contribution in [2.45, 2.75) is 5.92 Å². The molecule has 0 spiro atoms. The average molecular weight is 221 g/mol. The second-order valence-corrected chi connectivity index (χ2v) is 3.42. The number of pyridine rings is 1. The molecule has 1 rings (SSSR count). The molecule has 3 nitrogen and oxygen atoms in total. The maximum atomic E-state index is 8.96. The van der Waals surface area contributed by atoms with E-state index in [-0.39, 0.29) is 17.7 Å². The lowest BCUT2D eigenvalue weighted by atomic mass is 10.0. The third-order valence-electron chi connectivity index (χ3n) is 1.79. The lowest BCUT2D eigenvalue weighted by Crippen LogP contribution is -2.16. The summed E-state index contributed by atoms with van der Waals surface area (Å²) in [6.45, 7) is 0.340. The molecule has 0 fully saturated rings. The molecule has 0 bridgehead atoms. The predicted molar refractivity (Wildman–Crippen MR) is 53.1 cm³/mol. The molecule has 1 atom stereocenters. The van der Waals surface area contributed by atoms with Crippen LogP contribution in [0.3, 0.4) is 0 Å². The van der Waals surface area contributed by atoms with Gasteiger partial charge in [-0.05, 0) is 11.6 Å². The van der Waals surface area contributed by atoms with Crippen LogP contribution >= 0.6 is 23.2 Å². The Bertz CT molecular complexity index is 289. The number of halogens is 2. The number of nitrogens with two attached hydrogens (primary N) is 1. The van der Waals surface area contributed by atoms with Gasteiger partial charge in [-0.25, -0.2) is 4.98 Å². The maximum absolute atomic E-state index is 8.96. The first kappa shape index (κ1) is 10.7. The Balaban J connectivity index is 2.95. The fraction of sp³-hybridized carbons (Fsp3) is 0.375. The zero-order valence-corrected chi connectivity index (χ0v) is 8.39. The van der Waals surface area contributed by atoms with Crippen molar-refractivity contribution in [3.05, 3.63) is 28.0 Å². The summed E-state index contributed by atoms with van der Waals surface area (Å²) >= 11 is 11.4. The molecule has 1 aromatic heterocycles. The van der Waals surface area contributed by atoms with Crippen molar-refractivity contribution in [3.8, 4) is 0 Å². The van der Waals surface area contributed by atoms with Crippen LogP contribution in [0.15, 0.2) is 12.3 Å². The lowest BCUT2D eigenvalue weighted by Gasteiger charge is -2.11. The van der Waals surface area contributed by atoms with Crippen molar-refractivity contribution in [2.24, 2.45) is 5.73 Å². The normalized spacial score (nSPS) is 12.9. The van der Waals surface area contributed by atoms with Crippen molar-refractivity contribution in [1.29, 1.82) is 0 Å². The summed E-state index contributed by atoms with van der Waals surface area (Å²) in [5.74, 6) is -0.123. The van der Waals surface area contributed by atoms with Crippen LogP contribution in [-0.2, 0) is 0 Å². The van der Waals surface area contributed by atoms with Gasteiger partial charge in [-0.1, -0.05) is 23.2 Å². The van der Waals surface area contributed by atoms with E-state index in [2.05, 4.69) is 4.98 Å². The fourth-order valence-electron chi connectivity index (χ4n) is 0.975. The van der Waals surface area contributed by atoms with Gasteiger partial charge < -0.3 is 10.8 Å². The highest BCUT2D eigenvalue weighted by molar-refractivity contribution is 6.41. The number of aliphatic hydroxyl groups is 1. The van der Waals surface area contributed by atoms with Gasteiger partial charge in [0.15, 0.2) is 0 Å². The van der Waals surface area contributed by atoms with Gasteiger partial charge in [-0.15, -0.1) is 0 Å². The fourth-order valence-corrected chi connectivity index (χ4v) is 1.25. The van der Waals surface area contributed by atoms with E-state index >= 15 is 0 Å². The van der Waals surface area contributed by atoms with E-state index in [0.717, 1.165) is 5.56 Å². The lowest BCUT2D eigenvalue weighted by molar-refractivity contribution is 0.267. The zero-order valence-electron chi connectivity index (χ0n) is 6.87. The molecule has 0 saturated heterocycles. The number of aliphatic hydroxyl groups excluding tert-OH is 1. The molecular formula is C8H10Cl2N2O. The first-order valence-electron chi connectivity index (χ1n) is 3.81. The predicted octanol–water partition coefficient (Wildman–Crippen LogP) is 1.42. The van der Waals surface area contributed by atoms with E-state index < -0.39 is 0 Å². The van der Waals surface area contributed by atoms with E-state index in [0.29, 0.717) is 11.6 Å². The van der Waals surface area contributed by atoms with E-state index in [1.165, 1.54) is 0 Å². The minimum absolute atomic E-state index is 0.0177. The molecule has 3 N–H and O–H groups in total. The highest BCUT2D eigenvalue weighted by Crippen LogP contribution is 2.23. The molecule has 0 amide bonds. The van der Waals surface area contributed by atoms with Crippen molar-refractivity contribution in [3.63, 3.8) is 0 Å². The van der Waals surface area contributed by atoms with Crippen LogP contribution in [0.1, 0.15) is 11.5 Å². The monoisotopic (exact) mass is 220 g/mol. The molecule has 1 unspecified atom stereocenters. The average Bonchev–Trinajstić information content (AvgIpc) is 2.13. The van der Waals surface area contributed by atoms with Gasteiger partial charge in [0.1, 0.15) is 5.15 Å². The van der Waals surface area contributed by atoms with Crippen molar-refractivity contribution < 1.29 is 5.11 Å². The summed E-state index contributed by atoms with van der Waals surface area (Å²) in [7, 11) is 0. The highest BCUT2D eigenvalue weighted by Gasteiger charge is 2.10. The Kier molecular flexibility index (Phi) is 3.93. The zero-order chi connectivity index (χ0) is 9.84. The van der Waals surface area contributed by atoms with E-state index in [1.807, 2.05) is 0 Å². The Morgan fingerprint density at radius 1 is 1.54 bits per heavy atom. The second-order valence-electron chi connectivity index (χ2n) is 2.66. The number of rotatable bonds is 3. The van der Waals surface area contributed by atoms with Gasteiger partial charge in [-0.3, -0.25) is 0 Å². The quantitative estimate of drug-likeness (QED) is 0.759. The topological polar surface area (TPSA) is 59.1 Å². The van der Waals surface area contributed by atoms with Crippen molar-refractivity contribution in [1.82, 2.24) is 4.98 Å². The van der Waals surface area contributed by atoms with Crippen LogP contribution < -0.4 is 5.73 Å². The molecule has 0 radical (unpaired) electrons. The van der Waals surface area contributed by atoms with Gasteiger partial charge >= 0.3 is 0 Å². The van der Waals surface area contributed by atoms with Crippen LogP contribution in [0.2, 0.25) is 10.2 Å². The third-order valence-corrected chi connectivity index (χ3v) is 2.48. The van der Waals surface area contributed by atoms with Crippen LogP contribution in [0.5, 0.6) is 0 Å². The smallest absolute Gasteiger partial charge is 0.147 e. The molecule has 1 aromatic rings. The summed E-state index contributed by atoms with van der Waals surface area (Å²) in [4.78, 5) is 3.86. The molecule has 0 aliphatic rings. The van der Waals surface area contributed by atoms with E-state index in [4.69, 9.17) is 34.0 Å². The molecule has 5 heteroatoms. The largest absolute Gasteiger partial charge is 0.396 e. The minimum atomic E-state index is -0.123. The Hall–Kier alpha value is -0.350. The molecule has 0 saturated carbocycles. The van der Waals surface area contributed by atoms with Crippen molar-refractivity contribution >= 4 is 23.2 Å². The summed E-state index contributed by atoms with van der Waals surface area (Å²) in [5, 5.41) is 9.60. The minimum Gasteiger partial charge on any atom is -0.396 e. The van der Waals surface area contributed by atoms with Crippen molar-refractivity contribution in [2.75, 3.05) is 13.2 Å². The summed E-state index contributed by atoms with van der Waals surface area (Å²) < 4.78 is 0. The van der Waals surface area contributed by atoms with Gasteiger partial charge in [0, 0.05) is 18.7 Å². The Morgan fingerprint density at radius 3 is 2.69 bits per heavy atom. The first-order valence-corrected chi connectivity index (χ1v) is 4.56.